The van der Waals surface area contributed by atoms with E-state index in [1.165, 1.54) is 5.56 Å². The molecule has 2 fully saturated rings. The maximum absolute atomic E-state index is 12.2. The van der Waals surface area contributed by atoms with Crippen LogP contribution in [0.3, 0.4) is 0 Å². The largest absolute Gasteiger partial charge is 0.370 e. The fourth-order valence-corrected chi connectivity index (χ4v) is 4.47. The van der Waals surface area contributed by atoms with Crippen LogP contribution >= 0.6 is 0 Å². The van der Waals surface area contributed by atoms with E-state index < -0.39 is 0 Å². The Morgan fingerprint density at radius 2 is 2.00 bits per heavy atom. The quantitative estimate of drug-likeness (QED) is 0.864. The average molecular weight is 383 g/mol. The number of benzene rings is 1. The molecule has 1 aromatic carbocycles. The van der Waals surface area contributed by atoms with Gasteiger partial charge >= 0.3 is 0 Å². The summed E-state index contributed by atoms with van der Waals surface area (Å²) in [6.07, 6.45) is 6.50. The number of aromatic nitrogens is 2. The van der Waals surface area contributed by atoms with Gasteiger partial charge in [-0.1, -0.05) is 18.2 Å². The molecule has 0 saturated carbocycles. The van der Waals surface area contributed by atoms with E-state index >= 15 is 0 Å². The normalized spacial score (nSPS) is 21.9. The predicted octanol–water partition coefficient (Wildman–Crippen LogP) is 2.67. The molecule has 1 unspecified atom stereocenters. The number of likely N-dealkylation sites (tertiary alicyclic amines) is 1. The summed E-state index contributed by atoms with van der Waals surface area (Å²) in [6.45, 7) is 5.74. The van der Waals surface area contributed by atoms with Gasteiger partial charge in [0.2, 0.25) is 0 Å². The first-order valence-corrected chi connectivity index (χ1v) is 10.3. The summed E-state index contributed by atoms with van der Waals surface area (Å²) < 4.78 is 8.34. The van der Waals surface area contributed by atoms with E-state index in [4.69, 9.17) is 4.74 Å². The highest BCUT2D eigenvalue weighted by atomic mass is 16.5. The minimum absolute atomic E-state index is 0.00260. The van der Waals surface area contributed by atoms with Crippen LogP contribution in [0.1, 0.15) is 47.3 Å². The van der Waals surface area contributed by atoms with Crippen LogP contribution in [0.15, 0.2) is 36.5 Å². The third-order valence-electron chi connectivity index (χ3n) is 6.14. The second kappa shape index (κ2) is 8.05. The van der Waals surface area contributed by atoms with Gasteiger partial charge in [-0.15, -0.1) is 0 Å². The molecule has 6 heteroatoms. The zero-order valence-electron chi connectivity index (χ0n) is 16.9. The molecular formula is C22H30N4O2. The van der Waals surface area contributed by atoms with Gasteiger partial charge in [0, 0.05) is 50.6 Å². The Bertz CT molecular complexity index is 809. The van der Waals surface area contributed by atoms with E-state index in [0.717, 1.165) is 51.0 Å². The third-order valence-corrected chi connectivity index (χ3v) is 6.14. The lowest BCUT2D eigenvalue weighted by molar-refractivity contribution is -0.0764. The van der Waals surface area contributed by atoms with E-state index in [-0.39, 0.29) is 17.6 Å². The third kappa shape index (κ3) is 4.28. The molecular weight excluding hydrogens is 352 g/mol. The van der Waals surface area contributed by atoms with E-state index in [0.29, 0.717) is 12.1 Å². The number of hydrogen-bond donors (Lipinski definition) is 1. The molecule has 2 aromatic rings. The number of carbonyl (C=O) groups excluding carboxylic acids is 1. The van der Waals surface area contributed by atoms with Gasteiger partial charge in [0.1, 0.15) is 0 Å². The van der Waals surface area contributed by atoms with Crippen LogP contribution in [-0.2, 0) is 18.3 Å². The molecule has 0 aliphatic carbocycles. The van der Waals surface area contributed by atoms with Gasteiger partial charge in [0.05, 0.1) is 17.4 Å². The second-order valence-corrected chi connectivity index (χ2v) is 8.23. The van der Waals surface area contributed by atoms with Crippen molar-refractivity contribution >= 4 is 5.91 Å². The van der Waals surface area contributed by atoms with Crippen LogP contribution in [0.25, 0.3) is 0 Å². The van der Waals surface area contributed by atoms with Gasteiger partial charge in [-0.05, 0) is 44.7 Å². The molecule has 1 spiro atoms. The molecule has 1 amide bonds. The topological polar surface area (TPSA) is 59.4 Å². The average Bonchev–Trinajstić information content (AvgIpc) is 3.25. The van der Waals surface area contributed by atoms with E-state index in [9.17, 15) is 4.79 Å². The van der Waals surface area contributed by atoms with Crippen molar-refractivity contribution < 1.29 is 9.53 Å². The highest BCUT2D eigenvalue weighted by molar-refractivity contribution is 5.94. The van der Waals surface area contributed by atoms with Crippen LogP contribution < -0.4 is 5.32 Å². The van der Waals surface area contributed by atoms with Crippen molar-refractivity contribution in [1.29, 1.82) is 0 Å². The predicted molar refractivity (Wildman–Crippen MR) is 108 cm³/mol. The number of nitrogens with zero attached hydrogens (tertiary/aromatic N) is 3. The van der Waals surface area contributed by atoms with Crippen molar-refractivity contribution in [1.82, 2.24) is 20.0 Å². The summed E-state index contributed by atoms with van der Waals surface area (Å²) in [5.74, 6) is -0.0215. The van der Waals surface area contributed by atoms with E-state index in [1.54, 1.807) is 0 Å². The van der Waals surface area contributed by atoms with Gasteiger partial charge in [0.25, 0.3) is 5.91 Å². The molecule has 1 aromatic heterocycles. The Morgan fingerprint density at radius 3 is 2.68 bits per heavy atom. The number of carbonyl (C=O) groups is 1. The second-order valence-electron chi connectivity index (χ2n) is 8.23. The van der Waals surface area contributed by atoms with Crippen molar-refractivity contribution in [2.75, 3.05) is 19.6 Å². The summed E-state index contributed by atoms with van der Waals surface area (Å²) >= 11 is 0. The molecule has 0 bridgehead atoms. The van der Waals surface area contributed by atoms with Crippen molar-refractivity contribution in [2.45, 2.75) is 50.9 Å². The number of nitrogens with one attached hydrogen (secondary N) is 1. The zero-order valence-corrected chi connectivity index (χ0v) is 16.9. The fraction of sp³-hybridized carbons (Fsp3) is 0.545. The highest BCUT2D eigenvalue weighted by Crippen LogP contribution is 2.39. The highest BCUT2D eigenvalue weighted by Gasteiger charge is 2.42. The molecule has 1 atom stereocenters. The first-order chi connectivity index (χ1) is 13.5. The lowest BCUT2D eigenvalue weighted by Gasteiger charge is -2.39. The fourth-order valence-electron chi connectivity index (χ4n) is 4.47. The molecule has 4 rings (SSSR count). The van der Waals surface area contributed by atoms with Gasteiger partial charge < -0.3 is 10.1 Å². The summed E-state index contributed by atoms with van der Waals surface area (Å²) in [6, 6.07) is 9.37. The van der Waals surface area contributed by atoms with Crippen molar-refractivity contribution in [3.63, 3.8) is 0 Å². The molecule has 150 valence electrons. The Kier molecular flexibility index (Phi) is 5.51. The first-order valence-electron chi connectivity index (χ1n) is 10.3. The first kappa shape index (κ1) is 19.2. The lowest BCUT2D eigenvalue weighted by atomic mass is 9.88. The van der Waals surface area contributed by atoms with Gasteiger partial charge in [-0.3, -0.25) is 14.4 Å². The summed E-state index contributed by atoms with van der Waals surface area (Å²) in [7, 11) is 1.98. The molecule has 2 aliphatic heterocycles. The Balaban J connectivity index is 1.24. The van der Waals surface area contributed by atoms with Crippen LogP contribution in [0.5, 0.6) is 0 Å². The molecule has 6 nitrogen and oxygen atoms in total. The standard InChI is InChI=1S/C22H30N4O2/c1-17-19(15-25(2)24-17)16-26-12-10-22(11-13-26)9-8-20(28-22)14-23-21(27)18-6-4-3-5-7-18/h3-7,15,20H,8-14,16H2,1-2H3,(H,23,27). The van der Waals surface area contributed by atoms with Gasteiger partial charge in [0.15, 0.2) is 0 Å². The number of rotatable bonds is 5. The van der Waals surface area contributed by atoms with Gasteiger partial charge in [-0.25, -0.2) is 0 Å². The maximum atomic E-state index is 12.2. The molecule has 2 aliphatic rings. The number of aryl methyl sites for hydroxylation is 2. The van der Waals surface area contributed by atoms with Crippen LogP contribution in [0.2, 0.25) is 0 Å². The summed E-state index contributed by atoms with van der Waals surface area (Å²) in [5.41, 5.74) is 3.14. The van der Waals surface area contributed by atoms with Crippen molar-refractivity contribution in [3.8, 4) is 0 Å². The molecule has 2 saturated heterocycles. The van der Waals surface area contributed by atoms with E-state index in [1.807, 2.05) is 42.1 Å². The summed E-state index contributed by atoms with van der Waals surface area (Å²) in [4.78, 5) is 14.7. The number of hydrogen-bond acceptors (Lipinski definition) is 4. The number of piperidine rings is 1. The molecule has 0 radical (unpaired) electrons. The van der Waals surface area contributed by atoms with Gasteiger partial charge in [-0.2, -0.15) is 5.10 Å². The molecule has 28 heavy (non-hydrogen) atoms. The Hall–Kier alpha value is -2.18. The minimum atomic E-state index is -0.0215. The Labute approximate surface area is 166 Å². The van der Waals surface area contributed by atoms with Crippen molar-refractivity contribution in [3.05, 3.63) is 53.3 Å². The van der Waals surface area contributed by atoms with E-state index in [2.05, 4.69) is 28.4 Å². The Morgan fingerprint density at radius 1 is 1.25 bits per heavy atom. The minimum Gasteiger partial charge on any atom is -0.370 e. The monoisotopic (exact) mass is 382 g/mol. The maximum Gasteiger partial charge on any atom is 0.251 e. The van der Waals surface area contributed by atoms with Crippen LogP contribution in [0, 0.1) is 6.92 Å². The summed E-state index contributed by atoms with van der Waals surface area (Å²) in [5, 5.41) is 7.47. The zero-order chi connectivity index (χ0) is 19.6. The smallest absolute Gasteiger partial charge is 0.251 e. The molecule has 1 N–H and O–H groups in total. The van der Waals surface area contributed by atoms with Crippen LogP contribution in [0.4, 0.5) is 0 Å². The van der Waals surface area contributed by atoms with Crippen LogP contribution in [-0.4, -0.2) is 51.9 Å². The molecule has 3 heterocycles. The number of ether oxygens (including phenoxy) is 1. The SMILES string of the molecule is Cc1nn(C)cc1CN1CCC2(CCC(CNC(=O)c3ccccc3)O2)CC1. The lowest BCUT2D eigenvalue weighted by Crippen LogP contribution is -2.44. The number of amides is 1. The van der Waals surface area contributed by atoms with Crippen molar-refractivity contribution in [2.24, 2.45) is 7.05 Å².